The van der Waals surface area contributed by atoms with Gasteiger partial charge in [-0.1, -0.05) is 18.2 Å². The Hall–Kier alpha value is -2.02. The number of pyridine rings is 1. The van der Waals surface area contributed by atoms with Crippen molar-refractivity contribution in [3.63, 3.8) is 0 Å². The number of nitrogens with zero attached hydrogens (tertiary/aromatic N) is 3. The summed E-state index contributed by atoms with van der Waals surface area (Å²) in [5, 5.41) is 0. The molecule has 0 unspecified atom stereocenters. The maximum absolute atomic E-state index is 13.4. The molecular weight excluding hydrogens is 369 g/mol. The van der Waals surface area contributed by atoms with Crippen LogP contribution in [-0.2, 0) is 24.4 Å². The Labute approximate surface area is 170 Å². The normalized spacial score (nSPS) is 24.4. The first kappa shape index (κ1) is 19.0. The lowest BCUT2D eigenvalue weighted by atomic mass is 9.82. The molecule has 0 amide bonds. The maximum atomic E-state index is 13.4. The number of halogens is 1. The molecule has 0 saturated carbocycles. The SMILES string of the molecule is CN(Cc1cccc(F)c1)Cc1ccc2n(c1=O)C[C@H]1C[C@@H]2CN(C2COC2)C1. The Morgan fingerprint density at radius 1 is 1.14 bits per heavy atom. The van der Waals surface area contributed by atoms with E-state index in [0.717, 1.165) is 44.0 Å². The fraction of sp³-hybridized carbons (Fsp3) is 0.522. The van der Waals surface area contributed by atoms with Crippen molar-refractivity contribution in [2.75, 3.05) is 33.4 Å². The fourth-order valence-corrected chi connectivity index (χ4v) is 5.17. The zero-order valence-corrected chi connectivity index (χ0v) is 16.9. The molecule has 3 aliphatic heterocycles. The van der Waals surface area contributed by atoms with Crippen molar-refractivity contribution in [3.05, 3.63) is 69.4 Å². The lowest BCUT2D eigenvalue weighted by Crippen LogP contribution is -2.56. The number of benzene rings is 1. The first-order chi connectivity index (χ1) is 14.1. The minimum Gasteiger partial charge on any atom is -0.378 e. The van der Waals surface area contributed by atoms with Crippen LogP contribution in [0.1, 0.15) is 29.2 Å². The second-order valence-corrected chi connectivity index (χ2v) is 8.95. The highest BCUT2D eigenvalue weighted by atomic mass is 19.1. The van der Waals surface area contributed by atoms with Crippen LogP contribution >= 0.6 is 0 Å². The van der Waals surface area contributed by atoms with E-state index in [9.17, 15) is 9.18 Å². The zero-order chi connectivity index (χ0) is 20.0. The predicted octanol–water partition coefficient (Wildman–Crippen LogP) is 2.44. The van der Waals surface area contributed by atoms with E-state index in [1.807, 2.05) is 23.7 Å². The molecule has 5 nitrogen and oxygen atoms in total. The van der Waals surface area contributed by atoms with Gasteiger partial charge in [-0.15, -0.1) is 0 Å². The van der Waals surface area contributed by atoms with Gasteiger partial charge in [0.15, 0.2) is 0 Å². The highest BCUT2D eigenvalue weighted by Gasteiger charge is 2.39. The summed E-state index contributed by atoms with van der Waals surface area (Å²) in [6, 6.07) is 11.4. The fourth-order valence-electron chi connectivity index (χ4n) is 5.17. The highest BCUT2D eigenvalue weighted by Crippen LogP contribution is 2.36. The molecular formula is C23H28FN3O2. The quantitative estimate of drug-likeness (QED) is 0.777. The monoisotopic (exact) mass is 397 g/mol. The number of ether oxygens (including phenoxy) is 1. The summed E-state index contributed by atoms with van der Waals surface area (Å²) in [5.41, 5.74) is 3.06. The third-order valence-electron chi connectivity index (χ3n) is 6.63. The van der Waals surface area contributed by atoms with E-state index < -0.39 is 0 Å². The Kier molecular flexibility index (Phi) is 5.02. The summed E-state index contributed by atoms with van der Waals surface area (Å²) in [6.07, 6.45) is 1.18. The van der Waals surface area contributed by atoms with Crippen LogP contribution in [0.3, 0.4) is 0 Å². The van der Waals surface area contributed by atoms with Crippen molar-refractivity contribution in [3.8, 4) is 0 Å². The number of piperidine rings is 1. The van der Waals surface area contributed by atoms with Gasteiger partial charge in [0.1, 0.15) is 5.82 Å². The minimum atomic E-state index is -0.223. The molecule has 0 N–H and O–H groups in total. The van der Waals surface area contributed by atoms with Gasteiger partial charge < -0.3 is 9.30 Å². The topological polar surface area (TPSA) is 37.7 Å². The smallest absolute Gasteiger partial charge is 0.255 e. The van der Waals surface area contributed by atoms with Crippen LogP contribution in [0.15, 0.2) is 41.2 Å². The van der Waals surface area contributed by atoms with E-state index in [0.29, 0.717) is 31.0 Å². The summed E-state index contributed by atoms with van der Waals surface area (Å²) < 4.78 is 20.8. The molecule has 2 bridgehead atoms. The van der Waals surface area contributed by atoms with Crippen LogP contribution in [0.4, 0.5) is 4.39 Å². The van der Waals surface area contributed by atoms with Gasteiger partial charge in [-0.3, -0.25) is 14.6 Å². The number of rotatable bonds is 5. The van der Waals surface area contributed by atoms with Gasteiger partial charge in [0.2, 0.25) is 0 Å². The molecule has 2 atom stereocenters. The average molecular weight is 397 g/mol. The van der Waals surface area contributed by atoms with Crippen LogP contribution in [-0.4, -0.2) is 53.8 Å². The van der Waals surface area contributed by atoms with Crippen molar-refractivity contribution in [1.29, 1.82) is 0 Å². The van der Waals surface area contributed by atoms with Crippen LogP contribution in [0.5, 0.6) is 0 Å². The van der Waals surface area contributed by atoms with Gasteiger partial charge in [0.05, 0.1) is 19.3 Å². The van der Waals surface area contributed by atoms with Crippen LogP contribution < -0.4 is 5.56 Å². The molecule has 0 spiro atoms. The third kappa shape index (κ3) is 3.77. The van der Waals surface area contributed by atoms with Crippen molar-refractivity contribution in [2.24, 2.45) is 5.92 Å². The van der Waals surface area contributed by atoms with Crippen LogP contribution in [0.2, 0.25) is 0 Å². The molecule has 1 aromatic heterocycles. The summed E-state index contributed by atoms with van der Waals surface area (Å²) >= 11 is 0. The summed E-state index contributed by atoms with van der Waals surface area (Å²) in [4.78, 5) is 17.8. The summed E-state index contributed by atoms with van der Waals surface area (Å²) in [5.74, 6) is 0.758. The second-order valence-electron chi connectivity index (χ2n) is 8.95. The lowest BCUT2D eigenvalue weighted by Gasteiger charge is -2.47. The van der Waals surface area contributed by atoms with E-state index in [2.05, 4.69) is 15.9 Å². The van der Waals surface area contributed by atoms with Crippen molar-refractivity contribution in [1.82, 2.24) is 14.4 Å². The van der Waals surface area contributed by atoms with E-state index in [1.54, 1.807) is 12.1 Å². The number of hydrogen-bond donors (Lipinski definition) is 0. The van der Waals surface area contributed by atoms with Crippen molar-refractivity contribution < 1.29 is 9.13 Å². The predicted molar refractivity (Wildman–Crippen MR) is 109 cm³/mol. The molecule has 2 saturated heterocycles. The van der Waals surface area contributed by atoms with E-state index in [1.165, 1.54) is 18.2 Å². The van der Waals surface area contributed by atoms with E-state index >= 15 is 0 Å². The van der Waals surface area contributed by atoms with Gasteiger partial charge in [-0.2, -0.15) is 0 Å². The van der Waals surface area contributed by atoms with Crippen LogP contribution in [0, 0.1) is 11.7 Å². The maximum Gasteiger partial charge on any atom is 0.255 e. The molecule has 0 radical (unpaired) electrons. The van der Waals surface area contributed by atoms with Crippen LogP contribution in [0.25, 0.3) is 0 Å². The molecule has 2 fully saturated rings. The standard InChI is InChI=1S/C23H28FN3O2/c1-25(9-16-3-2-4-20(24)8-16)12-18-5-6-22-19-7-17(11-27(22)23(18)28)10-26(13-19)21-14-29-15-21/h2-6,8,17,19,21H,7,9-15H2,1H3/t17-,19+/m0/s1. The Bertz CT molecular complexity index is 955. The second kappa shape index (κ2) is 7.67. The van der Waals surface area contributed by atoms with Gasteiger partial charge >= 0.3 is 0 Å². The number of aromatic nitrogens is 1. The Morgan fingerprint density at radius 3 is 2.76 bits per heavy atom. The first-order valence-electron chi connectivity index (χ1n) is 10.5. The van der Waals surface area contributed by atoms with Gasteiger partial charge in [0, 0.05) is 49.9 Å². The Morgan fingerprint density at radius 2 is 2.00 bits per heavy atom. The highest BCUT2D eigenvalue weighted by molar-refractivity contribution is 5.23. The summed E-state index contributed by atoms with van der Waals surface area (Å²) in [7, 11) is 1.97. The molecule has 4 heterocycles. The van der Waals surface area contributed by atoms with E-state index in [4.69, 9.17) is 4.74 Å². The lowest BCUT2D eigenvalue weighted by molar-refractivity contribution is -0.0827. The van der Waals surface area contributed by atoms with Crippen molar-refractivity contribution >= 4 is 0 Å². The molecule has 5 rings (SSSR count). The molecule has 29 heavy (non-hydrogen) atoms. The molecule has 1 aromatic carbocycles. The van der Waals surface area contributed by atoms with Gasteiger partial charge in [-0.25, -0.2) is 4.39 Å². The van der Waals surface area contributed by atoms with Gasteiger partial charge in [0.25, 0.3) is 5.56 Å². The average Bonchev–Trinajstić information content (AvgIpc) is 2.63. The van der Waals surface area contributed by atoms with E-state index in [-0.39, 0.29) is 11.4 Å². The first-order valence-corrected chi connectivity index (χ1v) is 10.5. The Balaban J connectivity index is 1.32. The molecule has 2 aromatic rings. The molecule has 0 aliphatic carbocycles. The summed E-state index contributed by atoms with van der Waals surface area (Å²) in [6.45, 7) is 5.80. The molecule has 3 aliphatic rings. The number of fused-ring (bicyclic) bond motifs is 4. The van der Waals surface area contributed by atoms with Gasteiger partial charge in [-0.05, 0) is 43.1 Å². The molecule has 6 heteroatoms. The molecule has 154 valence electrons. The zero-order valence-electron chi connectivity index (χ0n) is 16.9. The largest absolute Gasteiger partial charge is 0.378 e. The number of likely N-dealkylation sites (tertiary alicyclic amines) is 1. The third-order valence-corrected chi connectivity index (χ3v) is 6.63. The minimum absolute atomic E-state index is 0.142. The van der Waals surface area contributed by atoms with Crippen molar-refractivity contribution in [2.45, 2.75) is 38.0 Å². The number of hydrogen-bond acceptors (Lipinski definition) is 4.